The van der Waals surface area contributed by atoms with Crippen LogP contribution in [-0.4, -0.2) is 14.1 Å². The van der Waals surface area contributed by atoms with E-state index in [2.05, 4.69) is 0 Å². The van der Waals surface area contributed by atoms with Crippen LogP contribution in [0, 0.1) is 6.92 Å². The summed E-state index contributed by atoms with van der Waals surface area (Å²) in [4.78, 5) is 11.7. The zero-order valence-corrected chi connectivity index (χ0v) is 13.0. The van der Waals surface area contributed by atoms with E-state index in [4.69, 9.17) is 4.42 Å². The maximum atomic E-state index is 11.7. The van der Waals surface area contributed by atoms with Gasteiger partial charge in [0.05, 0.1) is 17.0 Å². The van der Waals surface area contributed by atoms with Gasteiger partial charge in [0, 0.05) is 6.07 Å². The highest BCUT2D eigenvalue weighted by atomic mass is 31.1. The standard InChI is InChI=1S/C16H15NO3P/c1-10-4-6-12-14(8-10)20-15-9-11(17(2)3)5-7-13(15)16(12)21(18)19/h4-9H,1-3H3/q+1. The lowest BCUT2D eigenvalue weighted by atomic mass is 10.1. The zero-order valence-electron chi connectivity index (χ0n) is 12.1. The highest BCUT2D eigenvalue weighted by Crippen LogP contribution is 2.31. The maximum absolute atomic E-state index is 11.7. The molecule has 106 valence electrons. The first-order valence-corrected chi connectivity index (χ1v) is 7.77. The molecule has 1 aliphatic carbocycles. The lowest BCUT2D eigenvalue weighted by Gasteiger charge is -2.09. The summed E-state index contributed by atoms with van der Waals surface area (Å²) in [6, 6.07) is 11.1. The summed E-state index contributed by atoms with van der Waals surface area (Å²) >= 11 is 0. The van der Waals surface area contributed by atoms with Gasteiger partial charge in [0.1, 0.15) is 25.4 Å². The number of hydrogen-bond acceptors (Lipinski definition) is 3. The first-order valence-electron chi connectivity index (χ1n) is 6.59. The summed E-state index contributed by atoms with van der Waals surface area (Å²) in [6.07, 6.45) is 0. The Balaban J connectivity index is 2.53. The van der Waals surface area contributed by atoms with Crippen molar-refractivity contribution in [2.75, 3.05) is 14.1 Å². The van der Waals surface area contributed by atoms with Gasteiger partial charge in [-0.3, -0.25) is 0 Å². The summed E-state index contributed by atoms with van der Waals surface area (Å²) in [5, 5.41) is 1.92. The molecule has 0 saturated heterocycles. The Morgan fingerprint density at radius 3 is 2.57 bits per heavy atom. The van der Waals surface area contributed by atoms with Crippen LogP contribution >= 0.6 is 8.03 Å². The summed E-state index contributed by atoms with van der Waals surface area (Å²) < 4.78 is 19.6. The van der Waals surface area contributed by atoms with Crippen molar-refractivity contribution < 1.29 is 13.9 Å². The van der Waals surface area contributed by atoms with Gasteiger partial charge in [-0.15, -0.1) is 0 Å². The molecule has 5 heteroatoms. The van der Waals surface area contributed by atoms with Crippen molar-refractivity contribution in [1.29, 1.82) is 0 Å². The molecule has 1 aromatic carbocycles. The monoisotopic (exact) mass is 300 g/mol. The Morgan fingerprint density at radius 1 is 1.14 bits per heavy atom. The van der Waals surface area contributed by atoms with Gasteiger partial charge in [-0.2, -0.15) is 0 Å². The fourth-order valence-electron chi connectivity index (χ4n) is 2.44. The smallest absolute Gasteiger partial charge is 0.350 e. The Morgan fingerprint density at radius 2 is 1.90 bits per heavy atom. The van der Waals surface area contributed by atoms with Gasteiger partial charge in [-0.1, -0.05) is 10.6 Å². The van der Waals surface area contributed by atoms with E-state index in [0.717, 1.165) is 10.9 Å². The van der Waals surface area contributed by atoms with Crippen molar-refractivity contribution in [2.45, 2.75) is 6.92 Å². The van der Waals surface area contributed by atoms with Crippen LogP contribution < -0.4 is 20.1 Å². The number of aryl methyl sites for hydroxylation is 1. The van der Waals surface area contributed by atoms with Crippen LogP contribution in [0.1, 0.15) is 5.56 Å². The van der Waals surface area contributed by atoms with E-state index in [1.54, 1.807) is 12.1 Å². The van der Waals surface area contributed by atoms with Gasteiger partial charge in [0.25, 0.3) is 0 Å². The third-order valence-corrected chi connectivity index (χ3v) is 4.38. The van der Waals surface area contributed by atoms with E-state index in [1.807, 2.05) is 49.9 Å². The van der Waals surface area contributed by atoms with Gasteiger partial charge < -0.3 is 9.31 Å². The van der Waals surface area contributed by atoms with Crippen molar-refractivity contribution in [3.63, 3.8) is 0 Å². The summed E-state index contributed by atoms with van der Waals surface area (Å²) in [5.74, 6) is 0.577. The fraction of sp³-hybridized carbons (Fsp3) is 0.188. The lowest BCUT2D eigenvalue weighted by molar-refractivity contribution is -0.160. The summed E-state index contributed by atoms with van der Waals surface area (Å²) in [5.41, 5.74) is 2.24. The van der Waals surface area contributed by atoms with Crippen molar-refractivity contribution in [3.8, 4) is 11.3 Å². The second-order valence-corrected chi connectivity index (χ2v) is 6.24. The van der Waals surface area contributed by atoms with Gasteiger partial charge >= 0.3 is 8.03 Å². The Hall–Kier alpha value is -2.03. The Labute approximate surface area is 123 Å². The minimum atomic E-state index is -2.70. The van der Waals surface area contributed by atoms with Gasteiger partial charge in [0.15, 0.2) is 0 Å². The molecule has 4 nitrogen and oxygen atoms in total. The molecule has 0 amide bonds. The van der Waals surface area contributed by atoms with Crippen molar-refractivity contribution in [3.05, 3.63) is 47.3 Å². The molecular weight excluding hydrogens is 285 g/mol. The quantitative estimate of drug-likeness (QED) is 0.390. The average Bonchev–Trinajstić information content (AvgIpc) is 2.43. The zero-order chi connectivity index (χ0) is 15.1. The highest BCUT2D eigenvalue weighted by molar-refractivity contribution is 7.47. The minimum absolute atomic E-state index is 0.326. The van der Waals surface area contributed by atoms with Crippen LogP contribution in [0.25, 0.3) is 22.3 Å². The molecule has 0 bridgehead atoms. The second kappa shape index (κ2) is 5.06. The molecule has 0 spiro atoms. The molecular formula is C16H15NO3P+. The predicted octanol–water partition coefficient (Wildman–Crippen LogP) is 1.61. The molecule has 1 aliphatic heterocycles. The maximum Gasteiger partial charge on any atom is 0.350 e. The highest BCUT2D eigenvalue weighted by Gasteiger charge is 2.24. The molecule has 0 radical (unpaired) electrons. The van der Waals surface area contributed by atoms with E-state index in [0.29, 0.717) is 27.6 Å². The molecule has 21 heavy (non-hydrogen) atoms. The first-order chi connectivity index (χ1) is 9.97. The van der Waals surface area contributed by atoms with Crippen LogP contribution in [0.15, 0.2) is 40.8 Å². The number of fused-ring (bicyclic) bond motifs is 2. The van der Waals surface area contributed by atoms with Crippen LogP contribution in [-0.2, 0) is 4.57 Å². The van der Waals surface area contributed by atoms with Crippen molar-refractivity contribution in [1.82, 2.24) is 4.58 Å². The molecule has 2 aliphatic rings. The minimum Gasteiger partial charge on any atom is -0.591 e. The van der Waals surface area contributed by atoms with Crippen molar-refractivity contribution in [2.24, 2.45) is 0 Å². The Bertz CT molecular complexity index is 907. The number of hydrogen-bond donors (Lipinski definition) is 0. The number of rotatable bonds is 1. The molecule has 0 saturated carbocycles. The van der Waals surface area contributed by atoms with E-state index < -0.39 is 8.03 Å². The topological polar surface area (TPSA) is 56.3 Å². The van der Waals surface area contributed by atoms with Crippen molar-refractivity contribution >= 4 is 24.3 Å². The third-order valence-electron chi connectivity index (χ3n) is 3.53. The van der Waals surface area contributed by atoms with Gasteiger partial charge in [-0.05, 0) is 30.7 Å². The summed E-state index contributed by atoms with van der Waals surface area (Å²) in [7, 11) is 1.16. The fourth-order valence-corrected chi connectivity index (χ4v) is 3.20. The van der Waals surface area contributed by atoms with E-state index >= 15 is 0 Å². The van der Waals surface area contributed by atoms with E-state index in [9.17, 15) is 9.46 Å². The molecule has 3 rings (SSSR count). The molecule has 1 heterocycles. The normalized spacial score (nSPS) is 11.9. The molecule has 0 aromatic heterocycles. The molecule has 0 N–H and O–H groups in total. The lowest BCUT2D eigenvalue weighted by Crippen LogP contribution is -2.22. The van der Waals surface area contributed by atoms with Crippen LogP contribution in [0.2, 0.25) is 0 Å². The average molecular weight is 300 g/mol. The molecule has 1 atom stereocenters. The van der Waals surface area contributed by atoms with Crippen LogP contribution in [0.3, 0.4) is 0 Å². The molecule has 1 unspecified atom stereocenters. The van der Waals surface area contributed by atoms with E-state index in [-0.39, 0.29) is 0 Å². The SMILES string of the molecule is Cc1ccc2c([P+](=O)[O-])c3ccc(=[N+](C)C)cc-3oc2c1. The third kappa shape index (κ3) is 2.37. The first kappa shape index (κ1) is 13.9. The number of nitrogens with zero attached hydrogens (tertiary/aromatic N) is 1. The molecule has 1 aromatic rings. The van der Waals surface area contributed by atoms with Crippen LogP contribution in [0.5, 0.6) is 0 Å². The van der Waals surface area contributed by atoms with Crippen LogP contribution in [0.4, 0.5) is 0 Å². The second-order valence-electron chi connectivity index (χ2n) is 5.28. The summed E-state index contributed by atoms with van der Waals surface area (Å²) in [6.45, 7) is 1.95. The largest absolute Gasteiger partial charge is 0.591 e. The predicted molar refractivity (Wildman–Crippen MR) is 81.9 cm³/mol. The molecule has 0 fully saturated rings. The number of benzene rings is 2. The van der Waals surface area contributed by atoms with E-state index in [1.165, 1.54) is 0 Å². The van der Waals surface area contributed by atoms with Gasteiger partial charge in [-0.25, -0.2) is 4.58 Å². The Kier molecular flexibility index (Phi) is 3.36. The van der Waals surface area contributed by atoms with Gasteiger partial charge in [0.2, 0.25) is 10.7 Å².